The number of benzene rings is 1. The molecule has 2 aliphatic rings. The third-order valence-electron chi connectivity index (χ3n) is 6.42. The highest BCUT2D eigenvalue weighted by atomic mass is 35.5. The zero-order valence-electron chi connectivity index (χ0n) is 17.5. The number of anilines is 2. The molecule has 4 rings (SSSR count). The summed E-state index contributed by atoms with van der Waals surface area (Å²) in [5.41, 5.74) is 1.52. The first-order chi connectivity index (χ1) is 14.5. The number of thiocarbonyl (C=S) groups is 1. The first-order valence-electron chi connectivity index (χ1n) is 10.9. The summed E-state index contributed by atoms with van der Waals surface area (Å²) in [5, 5.41) is 7.54. The summed E-state index contributed by atoms with van der Waals surface area (Å²) in [6, 6.07) is 12.6. The lowest BCUT2D eigenvalue weighted by atomic mass is 9.79. The van der Waals surface area contributed by atoms with Gasteiger partial charge in [-0.3, -0.25) is 0 Å². The van der Waals surface area contributed by atoms with Gasteiger partial charge in [-0.2, -0.15) is 4.98 Å². The molecule has 2 fully saturated rings. The van der Waals surface area contributed by atoms with Crippen molar-refractivity contribution in [2.24, 2.45) is 5.92 Å². The summed E-state index contributed by atoms with van der Waals surface area (Å²) < 4.78 is 0. The number of rotatable bonds is 5. The quantitative estimate of drug-likeness (QED) is 0.491. The van der Waals surface area contributed by atoms with Gasteiger partial charge in [-0.1, -0.05) is 61.7 Å². The van der Waals surface area contributed by atoms with E-state index in [1.54, 1.807) is 0 Å². The first kappa shape index (κ1) is 21.3. The Labute approximate surface area is 189 Å². The molecule has 2 heterocycles. The molecule has 2 aromatic rings. The molecule has 160 valence electrons. The van der Waals surface area contributed by atoms with Crippen LogP contribution in [0.5, 0.6) is 0 Å². The zero-order chi connectivity index (χ0) is 21.0. The van der Waals surface area contributed by atoms with Crippen LogP contribution in [0.3, 0.4) is 0 Å². The normalized spacial score (nSPS) is 20.7. The van der Waals surface area contributed by atoms with Crippen LogP contribution in [-0.4, -0.2) is 34.7 Å². The number of hydrogen-bond donors (Lipinski definition) is 2. The van der Waals surface area contributed by atoms with Gasteiger partial charge in [-0.05, 0) is 49.4 Å². The van der Waals surface area contributed by atoms with E-state index in [4.69, 9.17) is 23.8 Å². The summed E-state index contributed by atoms with van der Waals surface area (Å²) in [5.74, 6) is 1.98. The van der Waals surface area contributed by atoms with E-state index in [0.717, 1.165) is 25.5 Å². The Morgan fingerprint density at radius 2 is 1.97 bits per heavy atom. The average molecular weight is 444 g/mol. The second kappa shape index (κ2) is 9.48. The molecule has 0 radical (unpaired) electrons. The number of halogens is 1. The number of nitrogens with one attached hydrogen (secondary N) is 2. The summed E-state index contributed by atoms with van der Waals surface area (Å²) in [7, 11) is 0. The highest BCUT2D eigenvalue weighted by Gasteiger charge is 2.35. The van der Waals surface area contributed by atoms with E-state index in [2.05, 4.69) is 62.8 Å². The SMILES string of the molecule is CC1CCCN(c2cc(Cl)nc(NC(=S)NCC3(c4ccccc4)CCCC3)n2)C1. The molecule has 5 nitrogen and oxygen atoms in total. The smallest absolute Gasteiger partial charge is 0.232 e. The molecule has 1 aromatic carbocycles. The van der Waals surface area contributed by atoms with Gasteiger partial charge < -0.3 is 15.5 Å². The van der Waals surface area contributed by atoms with Gasteiger partial charge in [0.15, 0.2) is 5.11 Å². The van der Waals surface area contributed by atoms with E-state index in [-0.39, 0.29) is 5.41 Å². The highest BCUT2D eigenvalue weighted by molar-refractivity contribution is 7.80. The Morgan fingerprint density at radius 1 is 1.20 bits per heavy atom. The topological polar surface area (TPSA) is 53.1 Å². The van der Waals surface area contributed by atoms with Crippen molar-refractivity contribution in [3.8, 4) is 0 Å². The van der Waals surface area contributed by atoms with Crippen LogP contribution in [0.15, 0.2) is 36.4 Å². The Balaban J connectivity index is 1.41. The monoisotopic (exact) mass is 443 g/mol. The molecule has 7 heteroatoms. The molecule has 1 saturated carbocycles. The Hall–Kier alpha value is -1.92. The minimum atomic E-state index is 0.136. The van der Waals surface area contributed by atoms with Crippen LogP contribution in [-0.2, 0) is 5.41 Å². The fraction of sp³-hybridized carbons (Fsp3) is 0.522. The maximum Gasteiger partial charge on any atom is 0.232 e. The fourth-order valence-electron chi connectivity index (χ4n) is 4.83. The predicted octanol–water partition coefficient (Wildman–Crippen LogP) is 5.16. The van der Waals surface area contributed by atoms with E-state index in [1.165, 1.54) is 44.1 Å². The number of piperidine rings is 1. The predicted molar refractivity (Wildman–Crippen MR) is 128 cm³/mol. The molecule has 1 saturated heterocycles. The molecule has 0 spiro atoms. The highest BCUT2D eigenvalue weighted by Crippen LogP contribution is 2.40. The standard InChI is InChI=1S/C23H30ClN5S/c1-17-8-7-13-29(15-17)20-14-19(24)26-21(27-20)28-22(30)25-16-23(11-5-6-12-23)18-9-3-2-4-10-18/h2-4,9-10,14,17H,5-8,11-13,15-16H2,1H3,(H2,25,26,27,28,30). The van der Waals surface area contributed by atoms with Gasteiger partial charge in [0.2, 0.25) is 5.95 Å². The van der Waals surface area contributed by atoms with E-state index >= 15 is 0 Å². The van der Waals surface area contributed by atoms with E-state index in [9.17, 15) is 0 Å². The molecule has 2 N–H and O–H groups in total. The molecular weight excluding hydrogens is 414 g/mol. The van der Waals surface area contributed by atoms with Crippen LogP contribution in [0.25, 0.3) is 0 Å². The van der Waals surface area contributed by atoms with Crippen LogP contribution >= 0.6 is 23.8 Å². The van der Waals surface area contributed by atoms with Crippen molar-refractivity contribution in [3.63, 3.8) is 0 Å². The average Bonchev–Trinajstić information content (AvgIpc) is 3.23. The largest absolute Gasteiger partial charge is 0.361 e. The van der Waals surface area contributed by atoms with E-state index in [0.29, 0.717) is 22.1 Å². The summed E-state index contributed by atoms with van der Waals surface area (Å²) in [4.78, 5) is 11.3. The van der Waals surface area contributed by atoms with Crippen LogP contribution in [0, 0.1) is 5.92 Å². The minimum absolute atomic E-state index is 0.136. The molecule has 1 aromatic heterocycles. The molecule has 1 aliphatic heterocycles. The van der Waals surface area contributed by atoms with Gasteiger partial charge in [-0.25, -0.2) is 4.98 Å². The second-order valence-corrected chi connectivity index (χ2v) is 9.52. The lowest BCUT2D eigenvalue weighted by Crippen LogP contribution is -2.41. The van der Waals surface area contributed by atoms with Crippen LogP contribution in [0.1, 0.15) is 51.0 Å². The van der Waals surface area contributed by atoms with Gasteiger partial charge in [0.1, 0.15) is 11.0 Å². The Kier molecular flexibility index (Phi) is 6.74. The zero-order valence-corrected chi connectivity index (χ0v) is 19.1. The van der Waals surface area contributed by atoms with Gasteiger partial charge in [0, 0.05) is 31.1 Å². The summed E-state index contributed by atoms with van der Waals surface area (Å²) in [6.45, 7) is 5.08. The Bertz CT molecular complexity index is 869. The van der Waals surface area contributed by atoms with Gasteiger partial charge in [0.05, 0.1) is 0 Å². The molecule has 1 aliphatic carbocycles. The maximum absolute atomic E-state index is 6.29. The van der Waals surface area contributed by atoms with E-state index in [1.807, 2.05) is 6.07 Å². The first-order valence-corrected chi connectivity index (χ1v) is 11.7. The third kappa shape index (κ3) is 5.03. The van der Waals surface area contributed by atoms with Crippen LogP contribution in [0.4, 0.5) is 11.8 Å². The molecule has 0 bridgehead atoms. The number of aromatic nitrogens is 2. The fourth-order valence-corrected chi connectivity index (χ4v) is 5.17. The summed E-state index contributed by atoms with van der Waals surface area (Å²) >= 11 is 11.9. The van der Waals surface area contributed by atoms with Crippen molar-refractivity contribution < 1.29 is 0 Å². The summed E-state index contributed by atoms with van der Waals surface area (Å²) in [6.07, 6.45) is 7.30. The van der Waals surface area contributed by atoms with Crippen molar-refractivity contribution in [2.75, 3.05) is 29.9 Å². The Morgan fingerprint density at radius 3 is 2.70 bits per heavy atom. The van der Waals surface area contributed by atoms with Gasteiger partial charge >= 0.3 is 0 Å². The molecular formula is C23H30ClN5S. The molecule has 1 atom stereocenters. The lowest BCUT2D eigenvalue weighted by molar-refractivity contribution is 0.435. The van der Waals surface area contributed by atoms with E-state index < -0.39 is 0 Å². The molecule has 0 amide bonds. The van der Waals surface area contributed by atoms with Gasteiger partial charge in [0.25, 0.3) is 0 Å². The van der Waals surface area contributed by atoms with Crippen molar-refractivity contribution in [1.82, 2.24) is 15.3 Å². The number of nitrogens with zero attached hydrogens (tertiary/aromatic N) is 3. The van der Waals surface area contributed by atoms with Gasteiger partial charge in [-0.15, -0.1) is 0 Å². The third-order valence-corrected chi connectivity index (χ3v) is 6.86. The maximum atomic E-state index is 6.29. The lowest BCUT2D eigenvalue weighted by Gasteiger charge is -2.32. The van der Waals surface area contributed by atoms with Crippen molar-refractivity contribution in [3.05, 3.63) is 47.1 Å². The van der Waals surface area contributed by atoms with Crippen LogP contribution < -0.4 is 15.5 Å². The van der Waals surface area contributed by atoms with Crippen molar-refractivity contribution in [1.29, 1.82) is 0 Å². The van der Waals surface area contributed by atoms with Crippen molar-refractivity contribution in [2.45, 2.75) is 50.9 Å². The second-order valence-electron chi connectivity index (χ2n) is 8.73. The van der Waals surface area contributed by atoms with Crippen LogP contribution in [0.2, 0.25) is 5.15 Å². The number of hydrogen-bond acceptors (Lipinski definition) is 4. The van der Waals surface area contributed by atoms with Crippen molar-refractivity contribution >= 4 is 40.7 Å². The molecule has 1 unspecified atom stereocenters. The molecule has 30 heavy (non-hydrogen) atoms. The minimum Gasteiger partial charge on any atom is -0.361 e.